The Balaban J connectivity index is 1.78. The van der Waals surface area contributed by atoms with E-state index in [1.165, 1.54) is 17.7 Å². The van der Waals surface area contributed by atoms with Crippen molar-refractivity contribution in [2.24, 2.45) is 14.1 Å². The molecule has 1 aromatic heterocycles. The summed E-state index contributed by atoms with van der Waals surface area (Å²) in [6.07, 6.45) is -0.00424. The van der Waals surface area contributed by atoms with Crippen LogP contribution >= 0.6 is 15.9 Å². The number of hydrogen-bond acceptors (Lipinski definition) is 4. The molecule has 1 unspecified atom stereocenters. The molecule has 0 spiro atoms. The molecule has 6 nitrogen and oxygen atoms in total. The van der Waals surface area contributed by atoms with Crippen molar-refractivity contribution in [2.75, 3.05) is 19.7 Å². The fraction of sp³-hybridized carbons (Fsp3) is 0.412. The van der Waals surface area contributed by atoms with Gasteiger partial charge in [0.15, 0.2) is 0 Å². The minimum atomic E-state index is -0.296. The van der Waals surface area contributed by atoms with Crippen LogP contribution in [0, 0.1) is 0 Å². The second-order valence-electron chi connectivity index (χ2n) is 6.02. The highest BCUT2D eigenvalue weighted by Gasteiger charge is 2.23. The summed E-state index contributed by atoms with van der Waals surface area (Å²) in [4.78, 5) is 26.1. The second-order valence-corrected chi connectivity index (χ2v) is 6.94. The SMILES string of the molecule is Cn1c(CN2CCOC(c3ccc(Br)cc3)C2)cc(=O)n(C)c1=O. The molecule has 0 bridgehead atoms. The van der Waals surface area contributed by atoms with Crippen molar-refractivity contribution in [3.8, 4) is 0 Å². The third-order valence-electron chi connectivity index (χ3n) is 4.40. The van der Waals surface area contributed by atoms with E-state index < -0.39 is 0 Å². The predicted octanol–water partition coefficient (Wildman–Crippen LogP) is 1.42. The van der Waals surface area contributed by atoms with Gasteiger partial charge in [-0.1, -0.05) is 28.1 Å². The van der Waals surface area contributed by atoms with Crippen molar-refractivity contribution >= 4 is 15.9 Å². The van der Waals surface area contributed by atoms with Crippen molar-refractivity contribution < 1.29 is 4.74 Å². The average Bonchev–Trinajstić information content (AvgIpc) is 2.59. The zero-order valence-corrected chi connectivity index (χ0v) is 15.3. The molecule has 1 atom stereocenters. The number of benzene rings is 1. The first-order chi connectivity index (χ1) is 11.5. The maximum absolute atomic E-state index is 12.0. The lowest BCUT2D eigenvalue weighted by Gasteiger charge is -2.33. The summed E-state index contributed by atoms with van der Waals surface area (Å²) >= 11 is 3.44. The Morgan fingerprint density at radius 3 is 2.58 bits per heavy atom. The molecule has 1 saturated heterocycles. The van der Waals surface area contributed by atoms with E-state index in [2.05, 4.69) is 20.8 Å². The topological polar surface area (TPSA) is 56.5 Å². The number of aromatic nitrogens is 2. The third-order valence-corrected chi connectivity index (χ3v) is 4.93. The van der Waals surface area contributed by atoms with E-state index in [9.17, 15) is 9.59 Å². The highest BCUT2D eigenvalue weighted by Crippen LogP contribution is 2.24. The van der Waals surface area contributed by atoms with Gasteiger partial charge in [0.2, 0.25) is 0 Å². The van der Waals surface area contributed by atoms with Crippen molar-refractivity contribution in [2.45, 2.75) is 12.6 Å². The van der Waals surface area contributed by atoms with Crippen molar-refractivity contribution in [1.82, 2.24) is 14.0 Å². The van der Waals surface area contributed by atoms with Crippen LogP contribution in [0.3, 0.4) is 0 Å². The molecule has 0 saturated carbocycles. The second kappa shape index (κ2) is 7.04. The molecule has 1 aliphatic heterocycles. The molecule has 0 aliphatic carbocycles. The first kappa shape index (κ1) is 17.1. The number of morpholine rings is 1. The standard InChI is InChI=1S/C17H20BrN3O3/c1-19-14(9-16(22)20(2)17(19)23)10-21-7-8-24-15(11-21)12-3-5-13(18)6-4-12/h3-6,9,15H,7-8,10-11H2,1-2H3. The van der Waals surface area contributed by atoms with Gasteiger partial charge >= 0.3 is 5.69 Å². The van der Waals surface area contributed by atoms with E-state index >= 15 is 0 Å². The largest absolute Gasteiger partial charge is 0.371 e. The van der Waals surface area contributed by atoms with Crippen molar-refractivity contribution in [1.29, 1.82) is 0 Å². The zero-order chi connectivity index (χ0) is 17.3. The maximum atomic E-state index is 12.0. The van der Waals surface area contributed by atoms with Gasteiger partial charge in [-0.2, -0.15) is 0 Å². The predicted molar refractivity (Wildman–Crippen MR) is 95.0 cm³/mol. The zero-order valence-electron chi connectivity index (χ0n) is 13.7. The molecule has 1 aromatic carbocycles. The highest BCUT2D eigenvalue weighted by molar-refractivity contribution is 9.10. The maximum Gasteiger partial charge on any atom is 0.330 e. The number of ether oxygens (including phenoxy) is 1. The van der Waals surface area contributed by atoms with E-state index in [0.717, 1.165) is 33.4 Å². The van der Waals surface area contributed by atoms with Crippen LogP contribution < -0.4 is 11.2 Å². The van der Waals surface area contributed by atoms with Gasteiger partial charge in [-0.25, -0.2) is 4.79 Å². The average molecular weight is 394 g/mol. The number of rotatable bonds is 3. The van der Waals surface area contributed by atoms with Gasteiger partial charge in [-0.3, -0.25) is 18.8 Å². The molecule has 1 fully saturated rings. The van der Waals surface area contributed by atoms with E-state index in [4.69, 9.17) is 4.74 Å². The van der Waals surface area contributed by atoms with E-state index in [0.29, 0.717) is 13.2 Å². The van der Waals surface area contributed by atoms with Crippen LogP contribution in [0.5, 0.6) is 0 Å². The van der Waals surface area contributed by atoms with Crippen LogP contribution in [-0.2, 0) is 25.4 Å². The molecule has 0 N–H and O–H groups in total. The molecule has 1 aliphatic rings. The lowest BCUT2D eigenvalue weighted by molar-refractivity contribution is -0.0336. The minimum absolute atomic E-state index is 0.00424. The van der Waals surface area contributed by atoms with Crippen LogP contribution in [0.25, 0.3) is 0 Å². The first-order valence-corrected chi connectivity index (χ1v) is 8.60. The third kappa shape index (κ3) is 3.53. The number of nitrogens with zero attached hydrogens (tertiary/aromatic N) is 3. The molecule has 2 aromatic rings. The Bertz CT molecular complexity index is 842. The summed E-state index contributed by atoms with van der Waals surface area (Å²) in [5.41, 5.74) is 1.28. The summed E-state index contributed by atoms with van der Waals surface area (Å²) in [5.74, 6) is 0. The first-order valence-electron chi connectivity index (χ1n) is 7.81. The summed E-state index contributed by atoms with van der Waals surface area (Å²) in [6, 6.07) is 9.63. The van der Waals surface area contributed by atoms with Gasteiger partial charge in [0.25, 0.3) is 5.56 Å². The normalized spacial score (nSPS) is 18.7. The fourth-order valence-corrected chi connectivity index (χ4v) is 3.15. The van der Waals surface area contributed by atoms with Gasteiger partial charge < -0.3 is 4.74 Å². The van der Waals surface area contributed by atoms with E-state index in [-0.39, 0.29) is 17.4 Å². The number of hydrogen-bond donors (Lipinski definition) is 0. The van der Waals surface area contributed by atoms with Gasteiger partial charge in [-0.05, 0) is 17.7 Å². The van der Waals surface area contributed by atoms with Crippen LogP contribution in [0.1, 0.15) is 17.4 Å². The quantitative estimate of drug-likeness (QED) is 0.791. The van der Waals surface area contributed by atoms with Crippen LogP contribution in [-0.4, -0.2) is 33.7 Å². The molecule has 2 heterocycles. The lowest BCUT2D eigenvalue weighted by Crippen LogP contribution is -2.42. The molecular weight excluding hydrogens is 374 g/mol. The Hall–Kier alpha value is -1.70. The minimum Gasteiger partial charge on any atom is -0.371 e. The van der Waals surface area contributed by atoms with Gasteiger partial charge in [0.1, 0.15) is 0 Å². The summed E-state index contributed by atoms with van der Waals surface area (Å²) in [5, 5.41) is 0. The number of halogens is 1. The van der Waals surface area contributed by atoms with E-state index in [1.807, 2.05) is 24.3 Å². The van der Waals surface area contributed by atoms with Crippen molar-refractivity contribution in [3.05, 3.63) is 66.9 Å². The van der Waals surface area contributed by atoms with Crippen molar-refractivity contribution in [3.63, 3.8) is 0 Å². The molecule has 7 heteroatoms. The van der Waals surface area contributed by atoms with E-state index in [1.54, 1.807) is 7.05 Å². The Kier molecular flexibility index (Phi) is 5.03. The molecule has 3 rings (SSSR count). The summed E-state index contributed by atoms with van der Waals surface area (Å²) in [6.45, 7) is 2.68. The summed E-state index contributed by atoms with van der Waals surface area (Å²) < 4.78 is 9.57. The van der Waals surface area contributed by atoms with Crippen LogP contribution in [0.15, 0.2) is 44.4 Å². The van der Waals surface area contributed by atoms with Gasteiger partial charge in [0.05, 0.1) is 12.7 Å². The lowest BCUT2D eigenvalue weighted by atomic mass is 10.1. The smallest absolute Gasteiger partial charge is 0.330 e. The molecule has 0 amide bonds. The molecule has 0 radical (unpaired) electrons. The summed E-state index contributed by atoms with van der Waals surface area (Å²) in [7, 11) is 3.19. The fourth-order valence-electron chi connectivity index (χ4n) is 2.88. The van der Waals surface area contributed by atoms with Gasteiger partial charge in [0, 0.05) is 50.0 Å². The van der Waals surface area contributed by atoms with Crippen LogP contribution in [0.2, 0.25) is 0 Å². The molecular formula is C17H20BrN3O3. The monoisotopic (exact) mass is 393 g/mol. The Labute approximate surface area is 148 Å². The highest BCUT2D eigenvalue weighted by atomic mass is 79.9. The van der Waals surface area contributed by atoms with Gasteiger partial charge in [-0.15, -0.1) is 0 Å². The Morgan fingerprint density at radius 1 is 1.17 bits per heavy atom. The molecule has 24 heavy (non-hydrogen) atoms. The molecule has 128 valence electrons. The van der Waals surface area contributed by atoms with Crippen LogP contribution in [0.4, 0.5) is 0 Å². The Morgan fingerprint density at radius 2 is 1.88 bits per heavy atom.